The zero-order valence-corrected chi connectivity index (χ0v) is 13.8. The quantitative estimate of drug-likeness (QED) is 0.750. The SMILES string of the molecule is C[C@@]1(c2ccccn2)NC(=O)N(Cc2cccc3ccccc23)C1=O. The van der Waals surface area contributed by atoms with Crippen molar-refractivity contribution in [3.8, 4) is 0 Å². The van der Waals surface area contributed by atoms with E-state index in [1.54, 1.807) is 31.3 Å². The molecule has 2 aromatic carbocycles. The Morgan fingerprint density at radius 2 is 1.76 bits per heavy atom. The fraction of sp³-hybridized carbons (Fsp3) is 0.150. The van der Waals surface area contributed by atoms with Gasteiger partial charge in [-0.3, -0.25) is 14.7 Å². The molecule has 1 aliphatic heterocycles. The van der Waals surface area contributed by atoms with Gasteiger partial charge in [-0.25, -0.2) is 4.79 Å². The maximum absolute atomic E-state index is 13.0. The monoisotopic (exact) mass is 331 g/mol. The van der Waals surface area contributed by atoms with Crippen molar-refractivity contribution in [2.24, 2.45) is 0 Å². The summed E-state index contributed by atoms with van der Waals surface area (Å²) in [5, 5.41) is 4.91. The van der Waals surface area contributed by atoms with Crippen molar-refractivity contribution >= 4 is 22.7 Å². The number of aromatic nitrogens is 1. The van der Waals surface area contributed by atoms with Crippen LogP contribution in [0.25, 0.3) is 10.8 Å². The second kappa shape index (κ2) is 5.70. The topological polar surface area (TPSA) is 62.3 Å². The number of hydrogen-bond donors (Lipinski definition) is 1. The molecule has 2 heterocycles. The van der Waals surface area contributed by atoms with E-state index < -0.39 is 11.6 Å². The van der Waals surface area contributed by atoms with Crippen LogP contribution in [0.15, 0.2) is 66.9 Å². The van der Waals surface area contributed by atoms with Crippen LogP contribution in [0, 0.1) is 0 Å². The Kier molecular flexibility index (Phi) is 3.50. The highest BCUT2D eigenvalue weighted by Crippen LogP contribution is 2.29. The van der Waals surface area contributed by atoms with Crippen molar-refractivity contribution in [3.05, 3.63) is 78.1 Å². The van der Waals surface area contributed by atoms with Gasteiger partial charge in [-0.2, -0.15) is 0 Å². The molecule has 124 valence electrons. The van der Waals surface area contributed by atoms with E-state index in [1.807, 2.05) is 42.5 Å². The first-order valence-corrected chi connectivity index (χ1v) is 8.12. The molecule has 0 spiro atoms. The molecule has 1 fully saturated rings. The first-order valence-electron chi connectivity index (χ1n) is 8.12. The van der Waals surface area contributed by atoms with Crippen molar-refractivity contribution in [1.82, 2.24) is 15.2 Å². The minimum atomic E-state index is -1.14. The van der Waals surface area contributed by atoms with Gasteiger partial charge in [0, 0.05) is 6.20 Å². The van der Waals surface area contributed by atoms with Gasteiger partial charge >= 0.3 is 6.03 Å². The molecule has 0 unspecified atom stereocenters. The zero-order valence-electron chi connectivity index (χ0n) is 13.8. The van der Waals surface area contributed by atoms with Crippen molar-refractivity contribution in [2.45, 2.75) is 19.0 Å². The normalized spacial score (nSPS) is 20.1. The summed E-state index contributed by atoms with van der Waals surface area (Å²) in [6.45, 7) is 1.92. The van der Waals surface area contributed by atoms with Crippen molar-refractivity contribution in [3.63, 3.8) is 0 Å². The summed E-state index contributed by atoms with van der Waals surface area (Å²) in [5.74, 6) is -0.288. The molecule has 1 aliphatic rings. The third-order valence-electron chi connectivity index (χ3n) is 4.66. The highest BCUT2D eigenvalue weighted by Gasteiger charge is 2.49. The van der Waals surface area contributed by atoms with Gasteiger partial charge < -0.3 is 5.32 Å². The Morgan fingerprint density at radius 1 is 1.00 bits per heavy atom. The molecular formula is C20H17N3O2. The molecule has 0 bridgehead atoms. The van der Waals surface area contributed by atoms with Crippen LogP contribution in [-0.2, 0) is 16.9 Å². The molecular weight excluding hydrogens is 314 g/mol. The second-order valence-electron chi connectivity index (χ2n) is 6.30. The number of fused-ring (bicyclic) bond motifs is 1. The summed E-state index contributed by atoms with van der Waals surface area (Å²) in [5.41, 5.74) is 0.337. The second-order valence-corrected chi connectivity index (χ2v) is 6.30. The largest absolute Gasteiger partial charge is 0.325 e. The number of urea groups is 1. The highest BCUT2D eigenvalue weighted by molar-refractivity contribution is 6.07. The summed E-state index contributed by atoms with van der Waals surface area (Å²) >= 11 is 0. The van der Waals surface area contributed by atoms with Crippen LogP contribution < -0.4 is 5.32 Å². The Bertz CT molecular complexity index is 966. The first kappa shape index (κ1) is 15.3. The van der Waals surface area contributed by atoms with Gasteiger partial charge in [0.15, 0.2) is 5.54 Å². The van der Waals surface area contributed by atoms with E-state index >= 15 is 0 Å². The molecule has 1 aromatic heterocycles. The smallest absolute Gasteiger partial charge is 0.318 e. The van der Waals surface area contributed by atoms with E-state index in [4.69, 9.17) is 0 Å². The molecule has 5 heteroatoms. The summed E-state index contributed by atoms with van der Waals surface area (Å²) in [6.07, 6.45) is 1.62. The fourth-order valence-electron chi connectivity index (χ4n) is 3.27. The van der Waals surface area contributed by atoms with Gasteiger partial charge in [-0.15, -0.1) is 0 Å². The number of carbonyl (C=O) groups is 2. The molecule has 5 nitrogen and oxygen atoms in total. The van der Waals surface area contributed by atoms with Crippen molar-refractivity contribution in [1.29, 1.82) is 0 Å². The van der Waals surface area contributed by atoms with E-state index in [9.17, 15) is 9.59 Å². The lowest BCUT2D eigenvalue weighted by atomic mass is 9.97. The lowest BCUT2D eigenvalue weighted by Crippen LogP contribution is -2.41. The van der Waals surface area contributed by atoms with Crippen LogP contribution in [0.5, 0.6) is 0 Å². The van der Waals surface area contributed by atoms with E-state index in [0.717, 1.165) is 16.3 Å². The van der Waals surface area contributed by atoms with Crippen LogP contribution in [0.4, 0.5) is 4.79 Å². The van der Waals surface area contributed by atoms with Crippen LogP contribution in [0.2, 0.25) is 0 Å². The first-order chi connectivity index (χ1) is 12.1. The maximum atomic E-state index is 13.0. The number of imide groups is 1. The Balaban J connectivity index is 1.70. The predicted octanol–water partition coefficient (Wildman–Crippen LogP) is 3.20. The van der Waals surface area contributed by atoms with E-state index in [2.05, 4.69) is 10.3 Å². The standard InChI is InChI=1S/C20H17N3O2/c1-20(17-11-4-5-12-21-17)18(24)23(19(25)22-20)13-15-9-6-8-14-7-2-3-10-16(14)15/h2-12H,13H2,1H3,(H,22,25)/t20-/m0/s1. The Morgan fingerprint density at radius 3 is 2.56 bits per heavy atom. The summed E-state index contributed by atoms with van der Waals surface area (Å²) in [4.78, 5) is 31.0. The minimum Gasteiger partial charge on any atom is -0.318 e. The lowest BCUT2D eigenvalue weighted by molar-refractivity contribution is -0.131. The van der Waals surface area contributed by atoms with E-state index in [0.29, 0.717) is 5.69 Å². The summed E-state index contributed by atoms with van der Waals surface area (Å²) in [6, 6.07) is 18.8. The molecule has 4 rings (SSSR count). The fourth-order valence-corrected chi connectivity index (χ4v) is 3.27. The average Bonchev–Trinajstić information content (AvgIpc) is 2.87. The Hall–Kier alpha value is -3.21. The maximum Gasteiger partial charge on any atom is 0.325 e. The number of nitrogens with one attached hydrogen (secondary N) is 1. The molecule has 1 atom stereocenters. The van der Waals surface area contributed by atoms with Crippen LogP contribution in [-0.4, -0.2) is 21.8 Å². The molecule has 0 saturated carbocycles. The predicted molar refractivity (Wildman–Crippen MR) is 94.6 cm³/mol. The molecule has 3 amide bonds. The molecule has 1 saturated heterocycles. The lowest BCUT2D eigenvalue weighted by Gasteiger charge is -2.21. The van der Waals surface area contributed by atoms with Gasteiger partial charge in [0.25, 0.3) is 5.91 Å². The molecule has 25 heavy (non-hydrogen) atoms. The third kappa shape index (κ3) is 2.45. The number of amides is 3. The van der Waals surface area contributed by atoms with E-state index in [-0.39, 0.29) is 12.5 Å². The van der Waals surface area contributed by atoms with Gasteiger partial charge in [0.05, 0.1) is 12.2 Å². The van der Waals surface area contributed by atoms with Crippen LogP contribution in [0.3, 0.4) is 0 Å². The van der Waals surface area contributed by atoms with Crippen molar-refractivity contribution < 1.29 is 9.59 Å². The van der Waals surface area contributed by atoms with Gasteiger partial charge in [-0.05, 0) is 35.4 Å². The molecule has 1 N–H and O–H groups in total. The van der Waals surface area contributed by atoms with Crippen LogP contribution >= 0.6 is 0 Å². The molecule has 0 radical (unpaired) electrons. The number of pyridine rings is 1. The summed E-state index contributed by atoms with van der Waals surface area (Å²) in [7, 11) is 0. The highest BCUT2D eigenvalue weighted by atomic mass is 16.2. The van der Waals surface area contributed by atoms with Crippen molar-refractivity contribution in [2.75, 3.05) is 0 Å². The average molecular weight is 331 g/mol. The molecule has 3 aromatic rings. The molecule has 0 aliphatic carbocycles. The number of carbonyl (C=O) groups excluding carboxylic acids is 2. The minimum absolute atomic E-state index is 0.231. The Labute approximate surface area is 145 Å². The third-order valence-corrected chi connectivity index (χ3v) is 4.66. The van der Waals surface area contributed by atoms with Gasteiger partial charge in [0.1, 0.15) is 0 Å². The zero-order chi connectivity index (χ0) is 17.4. The van der Waals surface area contributed by atoms with Gasteiger partial charge in [-0.1, -0.05) is 48.5 Å². The number of nitrogens with zero attached hydrogens (tertiary/aromatic N) is 2. The number of rotatable bonds is 3. The van der Waals surface area contributed by atoms with E-state index in [1.165, 1.54) is 4.90 Å². The van der Waals surface area contributed by atoms with Crippen LogP contribution in [0.1, 0.15) is 18.2 Å². The number of hydrogen-bond acceptors (Lipinski definition) is 3. The summed E-state index contributed by atoms with van der Waals surface area (Å²) < 4.78 is 0. The van der Waals surface area contributed by atoms with Gasteiger partial charge in [0.2, 0.25) is 0 Å². The number of benzene rings is 2.